The lowest BCUT2D eigenvalue weighted by Crippen LogP contribution is -1.94. The summed E-state index contributed by atoms with van der Waals surface area (Å²) in [7, 11) is 0. The number of hydrogen-bond acceptors (Lipinski definition) is 3. The molecule has 78 valence electrons. The third-order valence-electron chi connectivity index (χ3n) is 2.51. The number of aromatic nitrogens is 2. The van der Waals surface area contributed by atoms with Crippen molar-refractivity contribution in [2.45, 2.75) is 0 Å². The van der Waals surface area contributed by atoms with Gasteiger partial charge in [0.2, 0.25) is 0 Å². The van der Waals surface area contributed by atoms with E-state index in [1.165, 1.54) is 0 Å². The first-order valence-corrected chi connectivity index (χ1v) is 5.23. The number of anilines is 1. The van der Waals surface area contributed by atoms with E-state index in [9.17, 15) is 0 Å². The second-order valence-electron chi connectivity index (χ2n) is 3.59. The molecule has 0 unspecified atom stereocenters. The van der Waals surface area contributed by atoms with Crippen LogP contribution in [0.4, 0.5) is 5.82 Å². The Bertz CT molecular complexity index is 634. The summed E-state index contributed by atoms with van der Waals surface area (Å²) in [6, 6.07) is 12.0. The van der Waals surface area contributed by atoms with Gasteiger partial charge in [-0.2, -0.15) is 0 Å². The van der Waals surface area contributed by atoms with Gasteiger partial charge in [0.25, 0.3) is 0 Å². The maximum absolute atomic E-state index is 5.84. The van der Waals surface area contributed by atoms with E-state index in [0.29, 0.717) is 0 Å². The second kappa shape index (κ2) is 3.32. The van der Waals surface area contributed by atoms with Crippen molar-refractivity contribution in [1.29, 1.82) is 0 Å². The van der Waals surface area contributed by atoms with Crippen molar-refractivity contribution in [3.05, 3.63) is 41.6 Å². The van der Waals surface area contributed by atoms with Gasteiger partial charge in [-0.05, 0) is 22.9 Å². The quantitative estimate of drug-likeness (QED) is 0.603. The minimum absolute atomic E-state index is 0.253. The number of rotatable bonds is 0. The molecule has 3 rings (SSSR count). The molecule has 0 aliphatic heterocycles. The van der Waals surface area contributed by atoms with Crippen LogP contribution in [-0.2, 0) is 0 Å². The average molecular weight is 230 g/mol. The van der Waals surface area contributed by atoms with E-state index in [4.69, 9.17) is 17.3 Å². The number of benzene rings is 2. The molecule has 0 aliphatic carbocycles. The molecule has 3 aromatic rings. The Kier molecular flexibility index (Phi) is 1.94. The molecule has 3 nitrogen and oxygen atoms in total. The molecule has 1 aromatic heterocycles. The lowest BCUT2D eigenvalue weighted by Gasteiger charge is -2.03. The molecule has 0 spiro atoms. The molecule has 0 atom stereocenters. The molecule has 0 bridgehead atoms. The van der Waals surface area contributed by atoms with Crippen LogP contribution in [0.15, 0.2) is 36.4 Å². The molecule has 1 heterocycles. The number of nitrogens with zero attached hydrogens (tertiary/aromatic N) is 2. The fourth-order valence-corrected chi connectivity index (χ4v) is 1.87. The normalized spacial score (nSPS) is 11.1. The van der Waals surface area contributed by atoms with Crippen molar-refractivity contribution in [2.24, 2.45) is 0 Å². The lowest BCUT2D eigenvalue weighted by molar-refractivity contribution is 1.31. The summed E-state index contributed by atoms with van der Waals surface area (Å²) in [5.74, 6) is 0.268. The predicted molar refractivity (Wildman–Crippen MR) is 66.5 cm³/mol. The number of nitrogens with two attached hydrogens (primary N) is 1. The molecule has 0 saturated heterocycles. The predicted octanol–water partition coefficient (Wildman–Crippen LogP) is 3.02. The Hall–Kier alpha value is -1.87. The molecular weight excluding hydrogens is 222 g/mol. The van der Waals surface area contributed by atoms with Crippen LogP contribution in [0.3, 0.4) is 0 Å². The van der Waals surface area contributed by atoms with Crippen molar-refractivity contribution in [1.82, 2.24) is 9.97 Å². The van der Waals surface area contributed by atoms with Crippen LogP contribution in [0.5, 0.6) is 0 Å². The summed E-state index contributed by atoms with van der Waals surface area (Å²) in [4.78, 5) is 8.41. The van der Waals surface area contributed by atoms with Gasteiger partial charge in [-0.25, -0.2) is 9.97 Å². The van der Waals surface area contributed by atoms with Crippen LogP contribution >= 0.6 is 11.6 Å². The molecule has 0 radical (unpaired) electrons. The molecular formula is C12H8ClN3. The van der Waals surface area contributed by atoms with Gasteiger partial charge in [-0.1, -0.05) is 35.9 Å². The summed E-state index contributed by atoms with van der Waals surface area (Å²) < 4.78 is 0. The summed E-state index contributed by atoms with van der Waals surface area (Å²) in [5.41, 5.74) is 7.15. The first kappa shape index (κ1) is 9.36. The first-order chi connectivity index (χ1) is 7.74. The molecule has 0 saturated carbocycles. The summed E-state index contributed by atoms with van der Waals surface area (Å²) in [5, 5.41) is 2.49. The minimum Gasteiger partial charge on any atom is -0.381 e. The highest BCUT2D eigenvalue weighted by Crippen LogP contribution is 2.23. The molecule has 0 fully saturated rings. The van der Waals surface area contributed by atoms with E-state index in [1.54, 1.807) is 0 Å². The number of nitrogen functional groups attached to an aromatic ring is 1. The largest absolute Gasteiger partial charge is 0.381 e. The minimum atomic E-state index is 0.253. The fourth-order valence-electron chi connectivity index (χ4n) is 1.73. The number of fused-ring (bicyclic) bond motifs is 2. The third-order valence-corrected chi connectivity index (χ3v) is 2.79. The Labute approximate surface area is 96.9 Å². The van der Waals surface area contributed by atoms with Crippen LogP contribution in [0.25, 0.3) is 21.8 Å². The standard InChI is InChI=1S/C12H8ClN3/c13-11-12(14)16-10-6-8-4-2-1-3-7(8)5-9(10)15-11/h1-6H,(H2,14,16). The summed E-state index contributed by atoms with van der Waals surface area (Å²) >= 11 is 5.84. The second-order valence-corrected chi connectivity index (χ2v) is 3.95. The van der Waals surface area contributed by atoms with Crippen LogP contribution < -0.4 is 5.73 Å². The monoisotopic (exact) mass is 229 g/mol. The highest BCUT2D eigenvalue weighted by molar-refractivity contribution is 6.31. The van der Waals surface area contributed by atoms with Gasteiger partial charge in [0.05, 0.1) is 11.0 Å². The Morgan fingerprint density at radius 3 is 2.12 bits per heavy atom. The SMILES string of the molecule is Nc1nc2cc3ccccc3cc2nc1Cl. The number of hydrogen-bond donors (Lipinski definition) is 1. The van der Waals surface area contributed by atoms with E-state index in [-0.39, 0.29) is 11.0 Å². The topological polar surface area (TPSA) is 51.8 Å². The highest BCUT2D eigenvalue weighted by Gasteiger charge is 2.04. The van der Waals surface area contributed by atoms with E-state index in [0.717, 1.165) is 21.8 Å². The van der Waals surface area contributed by atoms with Crippen molar-refractivity contribution >= 4 is 39.2 Å². The van der Waals surface area contributed by atoms with Crippen LogP contribution in [-0.4, -0.2) is 9.97 Å². The van der Waals surface area contributed by atoms with Gasteiger partial charge >= 0.3 is 0 Å². The van der Waals surface area contributed by atoms with Gasteiger partial charge in [-0.15, -0.1) is 0 Å². The van der Waals surface area contributed by atoms with Crippen molar-refractivity contribution < 1.29 is 0 Å². The van der Waals surface area contributed by atoms with Gasteiger partial charge in [0.15, 0.2) is 11.0 Å². The third kappa shape index (κ3) is 1.37. The van der Waals surface area contributed by atoms with Crippen molar-refractivity contribution in [3.8, 4) is 0 Å². The number of halogens is 1. The Morgan fingerprint density at radius 1 is 0.938 bits per heavy atom. The van der Waals surface area contributed by atoms with Crippen LogP contribution in [0.2, 0.25) is 5.15 Å². The zero-order valence-corrected chi connectivity index (χ0v) is 9.07. The zero-order chi connectivity index (χ0) is 11.1. The highest BCUT2D eigenvalue weighted by atomic mass is 35.5. The molecule has 0 aliphatic rings. The molecule has 16 heavy (non-hydrogen) atoms. The zero-order valence-electron chi connectivity index (χ0n) is 8.31. The molecule has 2 N–H and O–H groups in total. The van der Waals surface area contributed by atoms with E-state index < -0.39 is 0 Å². The van der Waals surface area contributed by atoms with E-state index >= 15 is 0 Å². The van der Waals surface area contributed by atoms with E-state index in [2.05, 4.69) is 9.97 Å². The van der Waals surface area contributed by atoms with Crippen molar-refractivity contribution in [2.75, 3.05) is 5.73 Å². The van der Waals surface area contributed by atoms with E-state index in [1.807, 2.05) is 36.4 Å². The van der Waals surface area contributed by atoms with Gasteiger partial charge in [-0.3, -0.25) is 0 Å². The summed E-state index contributed by atoms with van der Waals surface area (Å²) in [6.07, 6.45) is 0. The lowest BCUT2D eigenvalue weighted by atomic mass is 10.1. The maximum atomic E-state index is 5.84. The Balaban J connectivity index is 2.46. The van der Waals surface area contributed by atoms with Crippen LogP contribution in [0.1, 0.15) is 0 Å². The summed E-state index contributed by atoms with van der Waals surface area (Å²) in [6.45, 7) is 0. The van der Waals surface area contributed by atoms with Crippen LogP contribution in [0, 0.1) is 0 Å². The average Bonchev–Trinajstić information content (AvgIpc) is 2.28. The van der Waals surface area contributed by atoms with Crippen molar-refractivity contribution in [3.63, 3.8) is 0 Å². The van der Waals surface area contributed by atoms with Gasteiger partial charge in [0, 0.05) is 0 Å². The van der Waals surface area contributed by atoms with Gasteiger partial charge < -0.3 is 5.73 Å². The molecule has 0 amide bonds. The first-order valence-electron chi connectivity index (χ1n) is 4.85. The maximum Gasteiger partial charge on any atom is 0.171 e. The van der Waals surface area contributed by atoms with Gasteiger partial charge in [0.1, 0.15) is 0 Å². The smallest absolute Gasteiger partial charge is 0.171 e. The molecule has 4 heteroatoms. The fraction of sp³-hybridized carbons (Fsp3) is 0. The molecule has 2 aromatic carbocycles. The Morgan fingerprint density at radius 2 is 1.50 bits per heavy atom.